The van der Waals surface area contributed by atoms with Crippen molar-refractivity contribution in [1.29, 1.82) is 0 Å². The van der Waals surface area contributed by atoms with Gasteiger partial charge in [0.2, 0.25) is 0 Å². The van der Waals surface area contributed by atoms with Crippen LogP contribution >= 0.6 is 0 Å². The monoisotopic (exact) mass is 471 g/mol. The Hall–Kier alpha value is -2.46. The molecule has 2 atom stereocenters. The Bertz CT molecular complexity index is 995. The molecular formula is C32H41NO2. The van der Waals surface area contributed by atoms with Gasteiger partial charge in [0, 0.05) is 19.0 Å². The van der Waals surface area contributed by atoms with Crippen LogP contribution in [0.25, 0.3) is 0 Å². The number of aliphatic hydroxyl groups is 2. The zero-order valence-corrected chi connectivity index (χ0v) is 21.5. The van der Waals surface area contributed by atoms with Crippen LogP contribution in [0.15, 0.2) is 84.9 Å². The van der Waals surface area contributed by atoms with E-state index in [9.17, 15) is 10.2 Å². The zero-order valence-electron chi connectivity index (χ0n) is 21.5. The maximum atomic E-state index is 12.6. The molecule has 1 heterocycles. The third kappa shape index (κ3) is 5.86. The van der Waals surface area contributed by atoms with Crippen LogP contribution in [0.4, 0.5) is 0 Å². The molecule has 0 amide bonds. The Morgan fingerprint density at radius 1 is 0.686 bits per heavy atom. The van der Waals surface area contributed by atoms with Crippen molar-refractivity contribution in [2.24, 2.45) is 0 Å². The van der Waals surface area contributed by atoms with Crippen LogP contribution in [-0.2, 0) is 11.0 Å². The normalized spacial score (nSPS) is 17.2. The van der Waals surface area contributed by atoms with Gasteiger partial charge in [-0.05, 0) is 53.4 Å². The summed E-state index contributed by atoms with van der Waals surface area (Å²) in [5, 5.41) is 23.7. The second-order valence-corrected chi connectivity index (χ2v) is 11.1. The van der Waals surface area contributed by atoms with Gasteiger partial charge in [0.1, 0.15) is 11.8 Å². The molecule has 1 saturated heterocycles. The number of piperidine rings is 1. The van der Waals surface area contributed by atoms with Crippen LogP contribution < -0.4 is 0 Å². The van der Waals surface area contributed by atoms with Crippen molar-refractivity contribution in [2.75, 3.05) is 13.1 Å². The molecule has 0 radical (unpaired) electrons. The summed E-state index contributed by atoms with van der Waals surface area (Å²) in [7, 11) is 0. The molecule has 0 spiro atoms. The van der Waals surface area contributed by atoms with Gasteiger partial charge in [0.05, 0.1) is 0 Å². The summed E-state index contributed by atoms with van der Waals surface area (Å²) in [5.74, 6) is -0.208. The molecule has 2 N–H and O–H groups in total. The fourth-order valence-electron chi connectivity index (χ4n) is 5.50. The van der Waals surface area contributed by atoms with Crippen LogP contribution in [0.2, 0.25) is 0 Å². The summed E-state index contributed by atoms with van der Waals surface area (Å²) in [4.78, 5) is 2.20. The van der Waals surface area contributed by atoms with Gasteiger partial charge >= 0.3 is 0 Å². The lowest BCUT2D eigenvalue weighted by atomic mass is 9.70. The average Bonchev–Trinajstić information content (AvgIpc) is 2.90. The van der Waals surface area contributed by atoms with Crippen LogP contribution in [0.3, 0.4) is 0 Å². The topological polar surface area (TPSA) is 43.7 Å². The second-order valence-electron chi connectivity index (χ2n) is 11.1. The van der Waals surface area contributed by atoms with Crippen molar-refractivity contribution in [3.05, 3.63) is 107 Å². The summed E-state index contributed by atoms with van der Waals surface area (Å²) >= 11 is 0. The van der Waals surface area contributed by atoms with Crippen molar-refractivity contribution < 1.29 is 10.2 Å². The highest BCUT2D eigenvalue weighted by molar-refractivity contribution is 5.42. The van der Waals surface area contributed by atoms with Crippen molar-refractivity contribution in [1.82, 2.24) is 4.90 Å². The van der Waals surface area contributed by atoms with E-state index in [1.54, 1.807) is 0 Å². The van der Waals surface area contributed by atoms with E-state index in [2.05, 4.69) is 49.9 Å². The summed E-state index contributed by atoms with van der Waals surface area (Å²) in [6, 6.07) is 28.8. The SMILES string of the molecule is CC(C)(C)c1ccc(C(CCC(O)N2CCCCC2)C(O)(c2ccccc2)c2ccccc2)cc1. The molecule has 3 aromatic rings. The van der Waals surface area contributed by atoms with E-state index in [-0.39, 0.29) is 11.3 Å². The third-order valence-electron chi connectivity index (χ3n) is 7.64. The van der Waals surface area contributed by atoms with Crippen molar-refractivity contribution in [3.8, 4) is 0 Å². The van der Waals surface area contributed by atoms with E-state index in [4.69, 9.17) is 0 Å². The highest BCUT2D eigenvalue weighted by Crippen LogP contribution is 2.45. The number of hydrogen-bond donors (Lipinski definition) is 2. The van der Waals surface area contributed by atoms with E-state index in [1.807, 2.05) is 60.7 Å². The van der Waals surface area contributed by atoms with Gasteiger partial charge in [0.25, 0.3) is 0 Å². The van der Waals surface area contributed by atoms with Crippen molar-refractivity contribution in [3.63, 3.8) is 0 Å². The standard InChI is InChI=1S/C32H41NO2/c1-31(2,3)26-19-17-25(18-20-26)29(21-22-30(34)33-23-11-6-12-24-33)32(35,27-13-7-4-8-14-27)28-15-9-5-10-16-28/h4-5,7-10,13-20,29-30,34-35H,6,11-12,21-24H2,1-3H3. The Labute approximate surface area is 211 Å². The van der Waals surface area contributed by atoms with Gasteiger partial charge in [-0.1, -0.05) is 112 Å². The molecular weight excluding hydrogens is 430 g/mol. The summed E-state index contributed by atoms with van der Waals surface area (Å²) < 4.78 is 0. The van der Waals surface area contributed by atoms with Gasteiger partial charge in [-0.2, -0.15) is 0 Å². The second kappa shape index (κ2) is 11.1. The summed E-state index contributed by atoms with van der Waals surface area (Å²) in [5.41, 5.74) is 2.98. The first-order valence-corrected chi connectivity index (χ1v) is 13.2. The predicted octanol–water partition coefficient (Wildman–Crippen LogP) is 6.59. The third-order valence-corrected chi connectivity index (χ3v) is 7.64. The van der Waals surface area contributed by atoms with Gasteiger partial charge in [0.15, 0.2) is 0 Å². The fraction of sp³-hybridized carbons (Fsp3) is 0.438. The maximum absolute atomic E-state index is 12.6. The number of rotatable bonds is 8. The summed E-state index contributed by atoms with van der Waals surface area (Å²) in [6.07, 6.45) is 4.34. The van der Waals surface area contributed by atoms with E-state index in [0.717, 1.165) is 42.6 Å². The van der Waals surface area contributed by atoms with Crippen molar-refractivity contribution >= 4 is 0 Å². The number of nitrogens with zero attached hydrogens (tertiary/aromatic N) is 1. The van der Waals surface area contributed by atoms with E-state index in [1.165, 1.54) is 12.0 Å². The molecule has 1 aliphatic heterocycles. The molecule has 3 nitrogen and oxygen atoms in total. The first-order valence-electron chi connectivity index (χ1n) is 13.2. The highest BCUT2D eigenvalue weighted by Gasteiger charge is 2.41. The zero-order chi connectivity index (χ0) is 24.9. The Morgan fingerprint density at radius 2 is 1.20 bits per heavy atom. The molecule has 0 aromatic heterocycles. The number of aliphatic hydroxyl groups excluding tert-OH is 1. The molecule has 1 fully saturated rings. The van der Waals surface area contributed by atoms with E-state index >= 15 is 0 Å². The predicted molar refractivity (Wildman–Crippen MR) is 144 cm³/mol. The first-order chi connectivity index (χ1) is 16.8. The van der Waals surface area contributed by atoms with Gasteiger partial charge in [-0.15, -0.1) is 0 Å². The summed E-state index contributed by atoms with van der Waals surface area (Å²) in [6.45, 7) is 8.57. The van der Waals surface area contributed by atoms with Crippen LogP contribution in [0.5, 0.6) is 0 Å². The minimum atomic E-state index is -1.21. The van der Waals surface area contributed by atoms with Gasteiger partial charge < -0.3 is 10.2 Å². The number of benzene rings is 3. The molecule has 0 saturated carbocycles. The Morgan fingerprint density at radius 3 is 1.69 bits per heavy atom. The van der Waals surface area contributed by atoms with E-state index < -0.39 is 11.8 Å². The number of hydrogen-bond acceptors (Lipinski definition) is 3. The number of likely N-dealkylation sites (tertiary alicyclic amines) is 1. The average molecular weight is 472 g/mol. The van der Waals surface area contributed by atoms with Crippen molar-refractivity contribution in [2.45, 2.75) is 76.0 Å². The minimum Gasteiger partial charge on any atom is -0.380 e. The molecule has 35 heavy (non-hydrogen) atoms. The molecule has 1 aliphatic rings. The van der Waals surface area contributed by atoms with Gasteiger partial charge in [-0.3, -0.25) is 4.90 Å². The highest BCUT2D eigenvalue weighted by atomic mass is 16.3. The fourth-order valence-corrected chi connectivity index (χ4v) is 5.50. The molecule has 3 heteroatoms. The molecule has 4 rings (SSSR count). The van der Waals surface area contributed by atoms with Gasteiger partial charge in [-0.25, -0.2) is 0 Å². The smallest absolute Gasteiger partial charge is 0.121 e. The molecule has 2 unspecified atom stereocenters. The molecule has 0 aliphatic carbocycles. The Kier molecular flexibility index (Phi) is 8.11. The Balaban J connectivity index is 1.75. The largest absolute Gasteiger partial charge is 0.380 e. The lowest BCUT2D eigenvalue weighted by molar-refractivity contribution is -0.0241. The van der Waals surface area contributed by atoms with E-state index in [0.29, 0.717) is 12.8 Å². The molecule has 186 valence electrons. The first kappa shape index (κ1) is 25.6. The lowest BCUT2D eigenvalue weighted by Gasteiger charge is -2.39. The van der Waals surface area contributed by atoms with Crippen LogP contribution in [0.1, 0.15) is 81.0 Å². The lowest BCUT2D eigenvalue weighted by Crippen LogP contribution is -2.40. The maximum Gasteiger partial charge on any atom is 0.121 e. The molecule has 3 aromatic carbocycles. The van der Waals surface area contributed by atoms with Crippen LogP contribution in [0, 0.1) is 0 Å². The quantitative estimate of drug-likeness (QED) is 0.390. The van der Waals surface area contributed by atoms with Crippen LogP contribution in [-0.4, -0.2) is 34.4 Å². The minimum absolute atomic E-state index is 0.0631. The molecule has 0 bridgehead atoms.